The van der Waals surface area contributed by atoms with Crippen LogP contribution in [0.15, 0.2) is 42.6 Å². The Morgan fingerprint density at radius 3 is 2.67 bits per heavy atom. The largest absolute Gasteiger partial charge is 0.471 e. The standard InChI is InChI=1S/C22H23FN4O3/c1-15-20(27(26-25-15)19-5-3-18(23)4-6-19)14-30-22-7-2-17(13-24-22)21(28)12-16-8-10-29-11-9-16/h2-7,13,16H,8-12,14H2,1H3. The zero-order valence-electron chi connectivity index (χ0n) is 16.8. The molecule has 8 heteroatoms. The number of benzene rings is 1. The molecule has 4 rings (SSSR count). The Balaban J connectivity index is 1.39. The number of ketones is 1. The molecule has 30 heavy (non-hydrogen) atoms. The number of ether oxygens (including phenoxy) is 2. The molecule has 0 amide bonds. The first-order chi connectivity index (χ1) is 14.6. The molecule has 3 aromatic rings. The number of carbonyl (C=O) groups is 1. The number of carbonyl (C=O) groups excluding carboxylic acids is 1. The van der Waals surface area contributed by atoms with Crippen LogP contribution in [0.25, 0.3) is 5.69 Å². The molecule has 0 radical (unpaired) electrons. The smallest absolute Gasteiger partial charge is 0.213 e. The summed E-state index contributed by atoms with van der Waals surface area (Å²) in [6.45, 7) is 3.48. The van der Waals surface area contributed by atoms with Crippen molar-refractivity contribution < 1.29 is 18.7 Å². The lowest BCUT2D eigenvalue weighted by Gasteiger charge is -2.21. The van der Waals surface area contributed by atoms with Crippen molar-refractivity contribution in [1.82, 2.24) is 20.0 Å². The molecule has 156 valence electrons. The normalized spacial score (nSPS) is 14.6. The van der Waals surface area contributed by atoms with E-state index in [1.807, 2.05) is 6.92 Å². The summed E-state index contributed by atoms with van der Waals surface area (Å²) in [5.74, 6) is 0.563. The summed E-state index contributed by atoms with van der Waals surface area (Å²) in [7, 11) is 0. The average molecular weight is 410 g/mol. The van der Waals surface area contributed by atoms with Gasteiger partial charge in [-0.2, -0.15) is 0 Å². The van der Waals surface area contributed by atoms with Crippen molar-refractivity contribution in [2.75, 3.05) is 13.2 Å². The molecule has 1 aromatic carbocycles. The summed E-state index contributed by atoms with van der Waals surface area (Å²) in [6.07, 6.45) is 3.93. The first-order valence-electron chi connectivity index (χ1n) is 9.97. The van der Waals surface area contributed by atoms with E-state index in [-0.39, 0.29) is 18.2 Å². The van der Waals surface area contributed by atoms with E-state index < -0.39 is 0 Å². The van der Waals surface area contributed by atoms with E-state index >= 15 is 0 Å². The van der Waals surface area contributed by atoms with Crippen LogP contribution in [0.4, 0.5) is 4.39 Å². The van der Waals surface area contributed by atoms with Crippen LogP contribution >= 0.6 is 0 Å². The van der Waals surface area contributed by atoms with Crippen molar-refractivity contribution in [3.8, 4) is 11.6 Å². The fourth-order valence-electron chi connectivity index (χ4n) is 3.44. The predicted molar refractivity (Wildman–Crippen MR) is 107 cm³/mol. The number of Topliss-reactive ketones (excluding diaryl/α,β-unsaturated/α-hetero) is 1. The molecule has 1 aliphatic rings. The number of hydrogen-bond donors (Lipinski definition) is 0. The lowest BCUT2D eigenvalue weighted by Crippen LogP contribution is -2.18. The highest BCUT2D eigenvalue weighted by Gasteiger charge is 2.19. The number of hydrogen-bond acceptors (Lipinski definition) is 6. The Labute approximate surface area is 173 Å². The highest BCUT2D eigenvalue weighted by Crippen LogP contribution is 2.21. The zero-order chi connectivity index (χ0) is 20.9. The van der Waals surface area contributed by atoms with Crippen LogP contribution in [0.2, 0.25) is 0 Å². The van der Waals surface area contributed by atoms with E-state index in [0.29, 0.717) is 35.2 Å². The monoisotopic (exact) mass is 410 g/mol. The predicted octanol–water partition coefficient (Wildman–Crippen LogP) is 3.69. The topological polar surface area (TPSA) is 79.1 Å². The van der Waals surface area contributed by atoms with Crippen molar-refractivity contribution >= 4 is 5.78 Å². The molecule has 0 saturated carbocycles. The Morgan fingerprint density at radius 2 is 1.97 bits per heavy atom. The number of rotatable bonds is 7. The van der Waals surface area contributed by atoms with Crippen molar-refractivity contribution in [2.24, 2.45) is 5.92 Å². The molecule has 7 nitrogen and oxygen atoms in total. The second-order valence-corrected chi connectivity index (χ2v) is 7.37. The molecule has 1 saturated heterocycles. The van der Waals surface area contributed by atoms with Crippen molar-refractivity contribution in [1.29, 1.82) is 0 Å². The lowest BCUT2D eigenvalue weighted by molar-refractivity contribution is 0.0601. The van der Waals surface area contributed by atoms with Gasteiger partial charge in [0.2, 0.25) is 5.88 Å². The highest BCUT2D eigenvalue weighted by molar-refractivity contribution is 5.95. The van der Waals surface area contributed by atoms with Gasteiger partial charge in [0.15, 0.2) is 5.78 Å². The van der Waals surface area contributed by atoms with E-state index in [1.54, 1.807) is 35.1 Å². The number of nitrogens with zero attached hydrogens (tertiary/aromatic N) is 4. The van der Waals surface area contributed by atoms with Crippen LogP contribution in [0.3, 0.4) is 0 Å². The van der Waals surface area contributed by atoms with Gasteiger partial charge in [0.05, 0.1) is 11.4 Å². The molecule has 0 spiro atoms. The minimum Gasteiger partial charge on any atom is -0.471 e. The van der Waals surface area contributed by atoms with Crippen LogP contribution in [-0.4, -0.2) is 39.0 Å². The molecule has 0 aliphatic carbocycles. The summed E-state index contributed by atoms with van der Waals surface area (Å²) in [4.78, 5) is 16.7. The SMILES string of the molecule is Cc1nnn(-c2ccc(F)cc2)c1COc1ccc(C(=O)CC2CCOCC2)cn1. The van der Waals surface area contributed by atoms with Gasteiger partial charge in [-0.15, -0.1) is 5.10 Å². The molecule has 0 N–H and O–H groups in total. The first-order valence-corrected chi connectivity index (χ1v) is 9.97. The van der Waals surface area contributed by atoms with Crippen LogP contribution in [0.1, 0.15) is 41.0 Å². The maximum Gasteiger partial charge on any atom is 0.213 e. The fourth-order valence-corrected chi connectivity index (χ4v) is 3.44. The highest BCUT2D eigenvalue weighted by atomic mass is 19.1. The lowest BCUT2D eigenvalue weighted by atomic mass is 9.92. The number of aryl methyl sites for hydroxylation is 1. The molecular formula is C22H23FN4O3. The minimum atomic E-state index is -0.316. The summed E-state index contributed by atoms with van der Waals surface area (Å²) in [5, 5.41) is 8.20. The van der Waals surface area contributed by atoms with Crippen LogP contribution in [-0.2, 0) is 11.3 Å². The van der Waals surface area contributed by atoms with Gasteiger partial charge in [-0.05, 0) is 56.0 Å². The molecule has 0 atom stereocenters. The summed E-state index contributed by atoms with van der Waals surface area (Å²) < 4.78 is 25.9. The summed E-state index contributed by atoms with van der Waals surface area (Å²) in [6, 6.07) is 9.43. The second kappa shape index (κ2) is 9.13. The quantitative estimate of drug-likeness (QED) is 0.553. The third kappa shape index (κ3) is 4.71. The van der Waals surface area contributed by atoms with Gasteiger partial charge in [-0.25, -0.2) is 14.1 Å². The first kappa shape index (κ1) is 20.2. The maximum atomic E-state index is 13.2. The molecule has 0 bridgehead atoms. The van der Waals surface area contributed by atoms with E-state index in [0.717, 1.165) is 31.7 Å². The van der Waals surface area contributed by atoms with Gasteiger partial charge < -0.3 is 9.47 Å². The molecule has 1 aliphatic heterocycles. The second-order valence-electron chi connectivity index (χ2n) is 7.37. The maximum absolute atomic E-state index is 13.2. The zero-order valence-corrected chi connectivity index (χ0v) is 16.8. The van der Waals surface area contributed by atoms with Crippen LogP contribution in [0, 0.1) is 18.7 Å². The van der Waals surface area contributed by atoms with Gasteiger partial charge in [-0.3, -0.25) is 4.79 Å². The van der Waals surface area contributed by atoms with Gasteiger partial charge in [0.25, 0.3) is 0 Å². The Hall–Kier alpha value is -3.13. The Bertz CT molecular complexity index is 996. The molecule has 1 fully saturated rings. The van der Waals surface area contributed by atoms with E-state index in [1.165, 1.54) is 12.1 Å². The van der Waals surface area contributed by atoms with E-state index in [9.17, 15) is 9.18 Å². The van der Waals surface area contributed by atoms with Gasteiger partial charge in [0.1, 0.15) is 18.1 Å². The van der Waals surface area contributed by atoms with Crippen LogP contribution in [0.5, 0.6) is 5.88 Å². The van der Waals surface area contributed by atoms with E-state index in [4.69, 9.17) is 9.47 Å². The van der Waals surface area contributed by atoms with Gasteiger partial charge in [0, 0.05) is 37.5 Å². The number of aromatic nitrogens is 4. The summed E-state index contributed by atoms with van der Waals surface area (Å²) >= 11 is 0. The molecule has 0 unspecified atom stereocenters. The van der Waals surface area contributed by atoms with Crippen molar-refractivity contribution in [3.05, 3.63) is 65.4 Å². The van der Waals surface area contributed by atoms with Crippen LogP contribution < -0.4 is 4.74 Å². The Morgan fingerprint density at radius 1 is 1.20 bits per heavy atom. The molecular weight excluding hydrogens is 387 g/mol. The average Bonchev–Trinajstić information content (AvgIpc) is 3.14. The van der Waals surface area contributed by atoms with Crippen molar-refractivity contribution in [3.63, 3.8) is 0 Å². The summed E-state index contributed by atoms with van der Waals surface area (Å²) in [5.41, 5.74) is 2.73. The third-order valence-corrected chi connectivity index (χ3v) is 5.26. The van der Waals surface area contributed by atoms with Gasteiger partial charge in [-0.1, -0.05) is 5.21 Å². The molecule has 2 aromatic heterocycles. The minimum absolute atomic E-state index is 0.0929. The number of halogens is 1. The Kier molecular flexibility index (Phi) is 6.13. The van der Waals surface area contributed by atoms with Gasteiger partial charge >= 0.3 is 0 Å². The third-order valence-electron chi connectivity index (χ3n) is 5.26. The number of pyridine rings is 1. The van der Waals surface area contributed by atoms with E-state index in [2.05, 4.69) is 15.3 Å². The van der Waals surface area contributed by atoms with Crippen molar-refractivity contribution in [2.45, 2.75) is 32.8 Å². The molecule has 3 heterocycles. The fraction of sp³-hybridized carbons (Fsp3) is 0.364.